The van der Waals surface area contributed by atoms with E-state index in [0.29, 0.717) is 11.6 Å². The van der Waals surface area contributed by atoms with Crippen LogP contribution in [0, 0.1) is 0 Å². The van der Waals surface area contributed by atoms with Gasteiger partial charge in [0.2, 0.25) is 0 Å². The van der Waals surface area contributed by atoms with Gasteiger partial charge in [0.05, 0.1) is 14.2 Å². The van der Waals surface area contributed by atoms with Crippen molar-refractivity contribution in [2.75, 3.05) is 20.8 Å². The number of nitrogens with two attached hydrogens (primary N) is 1. The fourth-order valence-electron chi connectivity index (χ4n) is 2.96. The Hall–Kier alpha value is -1.91. The number of hydrogen-bond acceptors (Lipinski definition) is 4. The molecule has 2 aromatic carbocycles. The van der Waals surface area contributed by atoms with Crippen molar-refractivity contribution in [2.45, 2.75) is 18.9 Å². The van der Waals surface area contributed by atoms with E-state index in [2.05, 4.69) is 0 Å². The van der Waals surface area contributed by atoms with E-state index in [4.69, 9.17) is 31.5 Å². The van der Waals surface area contributed by atoms with Crippen molar-refractivity contribution >= 4 is 11.6 Å². The van der Waals surface area contributed by atoms with Crippen LogP contribution in [0.2, 0.25) is 5.02 Å². The summed E-state index contributed by atoms with van der Waals surface area (Å²) in [5, 5.41) is 0.689. The van der Waals surface area contributed by atoms with E-state index in [1.54, 1.807) is 14.2 Å². The Morgan fingerprint density at radius 2 is 2.00 bits per heavy atom. The first-order valence-corrected chi connectivity index (χ1v) is 7.95. The van der Waals surface area contributed by atoms with Gasteiger partial charge < -0.3 is 19.9 Å². The largest absolute Gasteiger partial charge is 0.497 e. The molecule has 1 aliphatic heterocycles. The zero-order valence-electron chi connectivity index (χ0n) is 13.3. The first-order chi connectivity index (χ1) is 11.2. The molecular formula is C18H20ClNO3. The van der Waals surface area contributed by atoms with E-state index >= 15 is 0 Å². The molecule has 0 fully saturated rings. The minimum atomic E-state index is 0.108. The molecule has 1 heterocycles. The molecular weight excluding hydrogens is 314 g/mol. The lowest BCUT2D eigenvalue weighted by Crippen LogP contribution is -2.17. The molecule has 1 atom stereocenters. The lowest BCUT2D eigenvalue weighted by atomic mass is 9.99. The normalized spacial score (nSPS) is 15.9. The lowest BCUT2D eigenvalue weighted by molar-refractivity contribution is 0.225. The number of rotatable bonds is 5. The van der Waals surface area contributed by atoms with Gasteiger partial charge in [0.25, 0.3) is 0 Å². The second kappa shape index (κ2) is 6.69. The van der Waals surface area contributed by atoms with E-state index in [9.17, 15) is 0 Å². The summed E-state index contributed by atoms with van der Waals surface area (Å²) in [6, 6.07) is 9.60. The molecule has 23 heavy (non-hydrogen) atoms. The summed E-state index contributed by atoms with van der Waals surface area (Å²) < 4.78 is 16.9. The van der Waals surface area contributed by atoms with Gasteiger partial charge in [-0.05, 0) is 42.8 Å². The van der Waals surface area contributed by atoms with Crippen LogP contribution in [0.25, 0.3) is 11.1 Å². The van der Waals surface area contributed by atoms with Gasteiger partial charge in [0.1, 0.15) is 23.4 Å². The van der Waals surface area contributed by atoms with Crippen LogP contribution in [0.15, 0.2) is 30.3 Å². The second-order valence-corrected chi connectivity index (χ2v) is 5.97. The highest BCUT2D eigenvalue weighted by Crippen LogP contribution is 2.45. The maximum Gasteiger partial charge on any atom is 0.131 e. The average molecular weight is 334 g/mol. The topological polar surface area (TPSA) is 53.7 Å². The maximum atomic E-state index is 6.31. The summed E-state index contributed by atoms with van der Waals surface area (Å²) in [4.78, 5) is 0. The Labute approximate surface area is 141 Å². The van der Waals surface area contributed by atoms with Crippen LogP contribution in [-0.4, -0.2) is 26.9 Å². The molecule has 0 amide bonds. The summed E-state index contributed by atoms with van der Waals surface area (Å²) in [6.45, 7) is 0.605. The first kappa shape index (κ1) is 16.0. The van der Waals surface area contributed by atoms with Crippen LogP contribution in [0.1, 0.15) is 12.0 Å². The highest BCUT2D eigenvalue weighted by Gasteiger charge is 2.27. The number of fused-ring (bicyclic) bond motifs is 1. The molecule has 2 aromatic rings. The standard InChI is InChI=1S/C18H20ClNO3/c1-21-13-3-4-15(17(10-13)22-2)16-9-12(19)7-11-8-14(5-6-20)23-18(11)16/h3-4,7,9-10,14H,5-6,8,20H2,1-2H3. The third kappa shape index (κ3) is 3.09. The summed E-state index contributed by atoms with van der Waals surface area (Å²) in [5.41, 5.74) is 8.64. The molecule has 5 heteroatoms. The number of halogens is 1. The third-order valence-corrected chi connectivity index (χ3v) is 4.27. The average Bonchev–Trinajstić information content (AvgIpc) is 2.96. The summed E-state index contributed by atoms with van der Waals surface area (Å²) >= 11 is 6.31. The molecule has 3 rings (SSSR count). The monoisotopic (exact) mass is 333 g/mol. The van der Waals surface area contributed by atoms with E-state index in [1.807, 2.05) is 30.3 Å². The van der Waals surface area contributed by atoms with E-state index in [-0.39, 0.29) is 6.10 Å². The van der Waals surface area contributed by atoms with Crippen LogP contribution in [0.4, 0.5) is 0 Å². The smallest absolute Gasteiger partial charge is 0.131 e. The minimum absolute atomic E-state index is 0.108. The number of ether oxygens (including phenoxy) is 3. The highest BCUT2D eigenvalue weighted by molar-refractivity contribution is 6.31. The Morgan fingerprint density at radius 3 is 2.70 bits per heavy atom. The Balaban J connectivity index is 2.08. The predicted molar refractivity (Wildman–Crippen MR) is 91.8 cm³/mol. The molecule has 0 radical (unpaired) electrons. The molecule has 2 N–H and O–H groups in total. The van der Waals surface area contributed by atoms with Crippen molar-refractivity contribution in [1.29, 1.82) is 0 Å². The molecule has 122 valence electrons. The number of hydrogen-bond donors (Lipinski definition) is 1. The van der Waals surface area contributed by atoms with Crippen molar-refractivity contribution in [3.63, 3.8) is 0 Å². The van der Waals surface area contributed by atoms with Crippen molar-refractivity contribution in [3.05, 3.63) is 40.9 Å². The SMILES string of the molecule is COc1ccc(-c2cc(Cl)cc3c2OC(CCN)C3)c(OC)c1. The van der Waals surface area contributed by atoms with E-state index in [1.165, 1.54) is 0 Å². The van der Waals surface area contributed by atoms with Crippen LogP contribution >= 0.6 is 11.6 Å². The van der Waals surface area contributed by atoms with Gasteiger partial charge in [-0.1, -0.05) is 11.6 Å². The zero-order valence-corrected chi connectivity index (χ0v) is 14.0. The molecule has 0 aliphatic carbocycles. The van der Waals surface area contributed by atoms with Crippen LogP contribution in [-0.2, 0) is 6.42 Å². The molecule has 4 nitrogen and oxygen atoms in total. The molecule has 0 aromatic heterocycles. The fraction of sp³-hybridized carbons (Fsp3) is 0.333. The van der Waals surface area contributed by atoms with Crippen molar-refractivity contribution in [3.8, 4) is 28.4 Å². The van der Waals surface area contributed by atoms with Gasteiger partial charge in [-0.2, -0.15) is 0 Å². The Morgan fingerprint density at radius 1 is 1.17 bits per heavy atom. The Kier molecular flexibility index (Phi) is 4.64. The van der Waals surface area contributed by atoms with Gasteiger partial charge in [-0.3, -0.25) is 0 Å². The maximum absolute atomic E-state index is 6.31. The lowest BCUT2D eigenvalue weighted by Gasteiger charge is -2.15. The molecule has 1 aliphatic rings. The van der Waals surface area contributed by atoms with E-state index < -0.39 is 0 Å². The predicted octanol–water partition coefficient (Wildman–Crippen LogP) is 3.68. The zero-order chi connectivity index (χ0) is 16.4. The highest BCUT2D eigenvalue weighted by atomic mass is 35.5. The van der Waals surface area contributed by atoms with Crippen molar-refractivity contribution in [1.82, 2.24) is 0 Å². The van der Waals surface area contributed by atoms with Gasteiger partial charge in [-0.25, -0.2) is 0 Å². The third-order valence-electron chi connectivity index (χ3n) is 4.05. The number of methoxy groups -OCH3 is 2. The molecule has 0 bridgehead atoms. The summed E-state index contributed by atoms with van der Waals surface area (Å²) in [7, 11) is 3.27. The minimum Gasteiger partial charge on any atom is -0.497 e. The van der Waals surface area contributed by atoms with Gasteiger partial charge in [0.15, 0.2) is 0 Å². The molecule has 1 unspecified atom stereocenters. The Bertz CT molecular complexity index is 718. The quantitative estimate of drug-likeness (QED) is 0.907. The second-order valence-electron chi connectivity index (χ2n) is 5.53. The molecule has 0 spiro atoms. The fourth-order valence-corrected chi connectivity index (χ4v) is 3.20. The van der Waals surface area contributed by atoms with Gasteiger partial charge in [0, 0.05) is 28.6 Å². The van der Waals surface area contributed by atoms with E-state index in [0.717, 1.165) is 46.8 Å². The number of benzene rings is 2. The summed E-state index contributed by atoms with van der Waals surface area (Å²) in [6.07, 6.45) is 1.76. The first-order valence-electron chi connectivity index (χ1n) is 7.57. The van der Waals surface area contributed by atoms with Crippen molar-refractivity contribution in [2.24, 2.45) is 5.73 Å². The molecule has 0 saturated heterocycles. The van der Waals surface area contributed by atoms with Crippen LogP contribution < -0.4 is 19.9 Å². The van der Waals surface area contributed by atoms with Crippen LogP contribution in [0.5, 0.6) is 17.2 Å². The van der Waals surface area contributed by atoms with Gasteiger partial charge >= 0.3 is 0 Å². The van der Waals surface area contributed by atoms with Gasteiger partial charge in [-0.15, -0.1) is 0 Å². The summed E-state index contributed by atoms with van der Waals surface area (Å²) in [5.74, 6) is 2.34. The molecule has 0 saturated carbocycles. The van der Waals surface area contributed by atoms with Crippen molar-refractivity contribution < 1.29 is 14.2 Å². The van der Waals surface area contributed by atoms with Crippen LogP contribution in [0.3, 0.4) is 0 Å².